The maximum Gasteiger partial charge on any atom is 0.237 e. The topological polar surface area (TPSA) is 101 Å². The normalized spacial score (nSPS) is 26.3. The summed E-state index contributed by atoms with van der Waals surface area (Å²) >= 11 is 0. The Morgan fingerprint density at radius 3 is 2.58 bits per heavy atom. The van der Waals surface area contributed by atoms with Gasteiger partial charge in [-0.15, -0.1) is 0 Å². The first-order valence-electron chi connectivity index (χ1n) is 11.6. The predicted octanol–water partition coefficient (Wildman–Crippen LogP) is 4.06. The summed E-state index contributed by atoms with van der Waals surface area (Å²) in [5.41, 5.74) is 9.78. The molecule has 1 amide bonds. The summed E-state index contributed by atoms with van der Waals surface area (Å²) in [7, 11) is 0. The molecule has 2 N–H and O–H groups in total. The van der Waals surface area contributed by atoms with E-state index in [1.54, 1.807) is 0 Å². The summed E-state index contributed by atoms with van der Waals surface area (Å²) in [5.74, 6) is 1.19. The SMILES string of the molecule is CC(C)(C)NC(=O)C1CC2CCCCC2CN1CC(O)C(Cc1ccccc1)N=[N+]=[N-]. The second kappa shape index (κ2) is 10.5. The Morgan fingerprint density at radius 2 is 1.94 bits per heavy atom. The highest BCUT2D eigenvalue weighted by Crippen LogP contribution is 2.39. The Morgan fingerprint density at radius 1 is 1.26 bits per heavy atom. The number of aliphatic hydroxyl groups is 1. The van der Waals surface area contributed by atoms with Crippen LogP contribution in [-0.2, 0) is 11.2 Å². The molecule has 5 unspecified atom stereocenters. The Kier molecular flexibility index (Phi) is 7.98. The van der Waals surface area contributed by atoms with E-state index in [-0.39, 0.29) is 17.5 Å². The first-order valence-corrected chi connectivity index (χ1v) is 11.6. The van der Waals surface area contributed by atoms with Gasteiger partial charge in [-0.3, -0.25) is 9.69 Å². The van der Waals surface area contributed by atoms with E-state index >= 15 is 0 Å². The van der Waals surface area contributed by atoms with Crippen molar-refractivity contribution < 1.29 is 9.90 Å². The Labute approximate surface area is 185 Å². The van der Waals surface area contributed by atoms with E-state index in [9.17, 15) is 9.90 Å². The first kappa shape index (κ1) is 23.6. The third-order valence-corrected chi connectivity index (χ3v) is 6.66. The number of amides is 1. The Hall–Kier alpha value is -2.08. The third-order valence-electron chi connectivity index (χ3n) is 6.66. The summed E-state index contributed by atoms with van der Waals surface area (Å²) in [6, 6.07) is 8.94. The molecule has 1 aliphatic carbocycles. The van der Waals surface area contributed by atoms with Crippen LogP contribution in [0.2, 0.25) is 0 Å². The molecule has 7 nitrogen and oxygen atoms in total. The zero-order valence-electron chi connectivity index (χ0n) is 19.1. The van der Waals surface area contributed by atoms with Crippen molar-refractivity contribution in [2.24, 2.45) is 17.0 Å². The molecule has 5 atom stereocenters. The highest BCUT2D eigenvalue weighted by atomic mass is 16.3. The highest BCUT2D eigenvalue weighted by molar-refractivity contribution is 5.82. The van der Waals surface area contributed by atoms with Crippen LogP contribution >= 0.6 is 0 Å². The van der Waals surface area contributed by atoms with Gasteiger partial charge < -0.3 is 10.4 Å². The van der Waals surface area contributed by atoms with Gasteiger partial charge in [0.05, 0.1) is 18.2 Å². The number of fused-ring (bicyclic) bond motifs is 1. The number of β-amino-alcohol motifs (C(OH)–C–C–N with tert-alkyl or cyclic N) is 1. The Balaban J connectivity index is 1.75. The van der Waals surface area contributed by atoms with Gasteiger partial charge in [0.15, 0.2) is 0 Å². The van der Waals surface area contributed by atoms with Gasteiger partial charge in [-0.2, -0.15) is 0 Å². The molecule has 3 rings (SSSR count). The summed E-state index contributed by atoms with van der Waals surface area (Å²) < 4.78 is 0. The number of hydrogen-bond acceptors (Lipinski definition) is 4. The molecule has 0 aromatic heterocycles. The number of carbonyl (C=O) groups is 1. The fourth-order valence-electron chi connectivity index (χ4n) is 5.16. The van der Waals surface area contributed by atoms with E-state index in [2.05, 4.69) is 20.2 Å². The number of aliphatic hydroxyl groups excluding tert-OH is 1. The molecular formula is C24H37N5O2. The minimum atomic E-state index is -0.832. The van der Waals surface area contributed by atoms with Crippen molar-refractivity contribution in [2.75, 3.05) is 13.1 Å². The monoisotopic (exact) mass is 427 g/mol. The van der Waals surface area contributed by atoms with Crippen LogP contribution in [0.5, 0.6) is 0 Å². The number of nitrogens with one attached hydrogen (secondary N) is 1. The quantitative estimate of drug-likeness (QED) is 0.390. The number of hydrogen-bond donors (Lipinski definition) is 2. The molecule has 0 bridgehead atoms. The molecule has 0 radical (unpaired) electrons. The van der Waals surface area contributed by atoms with E-state index < -0.39 is 12.1 Å². The molecule has 31 heavy (non-hydrogen) atoms. The van der Waals surface area contributed by atoms with Crippen molar-refractivity contribution in [3.8, 4) is 0 Å². The molecule has 170 valence electrons. The van der Waals surface area contributed by atoms with E-state index in [1.807, 2.05) is 51.1 Å². The molecule has 1 heterocycles. The van der Waals surface area contributed by atoms with Gasteiger partial charge in [-0.1, -0.05) is 54.7 Å². The Bertz CT molecular complexity index is 772. The second-order valence-electron chi connectivity index (χ2n) is 10.3. The molecule has 1 aliphatic heterocycles. The molecule has 7 heteroatoms. The highest BCUT2D eigenvalue weighted by Gasteiger charge is 2.41. The van der Waals surface area contributed by atoms with E-state index in [4.69, 9.17) is 5.53 Å². The van der Waals surface area contributed by atoms with Crippen LogP contribution in [0.25, 0.3) is 10.4 Å². The van der Waals surface area contributed by atoms with Crippen LogP contribution in [0.3, 0.4) is 0 Å². The smallest absolute Gasteiger partial charge is 0.237 e. The number of rotatable bonds is 7. The van der Waals surface area contributed by atoms with E-state index in [0.29, 0.717) is 24.8 Å². The fourth-order valence-corrected chi connectivity index (χ4v) is 5.16. The lowest BCUT2D eigenvalue weighted by atomic mass is 9.72. The maximum atomic E-state index is 13.2. The molecule has 1 aromatic rings. The van der Waals surface area contributed by atoms with Crippen molar-refractivity contribution in [2.45, 2.75) is 83.0 Å². The van der Waals surface area contributed by atoms with Gasteiger partial charge in [-0.25, -0.2) is 0 Å². The number of carbonyl (C=O) groups excluding carboxylic acids is 1. The first-order chi connectivity index (χ1) is 14.8. The number of piperidine rings is 1. The van der Waals surface area contributed by atoms with Crippen LogP contribution in [0.1, 0.15) is 58.4 Å². The third kappa shape index (κ3) is 6.70. The molecule has 1 saturated carbocycles. The van der Waals surface area contributed by atoms with Crippen molar-refractivity contribution in [3.05, 3.63) is 46.3 Å². The van der Waals surface area contributed by atoms with E-state index in [0.717, 1.165) is 18.5 Å². The summed E-state index contributed by atoms with van der Waals surface area (Å²) in [6.45, 7) is 7.13. The molecule has 2 fully saturated rings. The van der Waals surface area contributed by atoms with Crippen molar-refractivity contribution in [1.29, 1.82) is 0 Å². The van der Waals surface area contributed by atoms with Crippen LogP contribution in [0.4, 0.5) is 0 Å². The van der Waals surface area contributed by atoms with E-state index in [1.165, 1.54) is 25.7 Å². The molecule has 1 aromatic carbocycles. The largest absolute Gasteiger partial charge is 0.391 e. The van der Waals surface area contributed by atoms with Gasteiger partial charge in [0.2, 0.25) is 5.91 Å². The lowest BCUT2D eigenvalue weighted by Crippen LogP contribution is -2.59. The molecular weight excluding hydrogens is 390 g/mol. The zero-order chi connectivity index (χ0) is 22.4. The van der Waals surface area contributed by atoms with Crippen LogP contribution in [0, 0.1) is 11.8 Å². The summed E-state index contributed by atoms with van der Waals surface area (Å²) in [6.07, 6.45) is 5.35. The summed E-state index contributed by atoms with van der Waals surface area (Å²) in [4.78, 5) is 18.3. The van der Waals surface area contributed by atoms with Crippen molar-refractivity contribution >= 4 is 5.91 Å². The summed E-state index contributed by atoms with van der Waals surface area (Å²) in [5, 5.41) is 18.1. The average Bonchev–Trinajstić information content (AvgIpc) is 2.72. The zero-order valence-corrected chi connectivity index (χ0v) is 19.1. The van der Waals surface area contributed by atoms with Gasteiger partial charge in [0.1, 0.15) is 0 Å². The number of benzene rings is 1. The molecule has 1 saturated heterocycles. The minimum absolute atomic E-state index is 0.0344. The standard InChI is InChI=1S/C24H37N5O2/c1-24(2,3)26-23(31)21-14-18-11-7-8-12-19(18)15-29(21)16-22(30)20(27-28-25)13-17-9-5-4-6-10-17/h4-6,9-10,18-22,30H,7-8,11-16H2,1-3H3,(H,26,31). The second-order valence-corrected chi connectivity index (χ2v) is 10.3. The molecule has 2 aliphatic rings. The van der Waals surface area contributed by atoms with Crippen molar-refractivity contribution in [3.63, 3.8) is 0 Å². The van der Waals surface area contributed by atoms with Gasteiger partial charge in [0, 0.05) is 23.5 Å². The van der Waals surface area contributed by atoms with Crippen LogP contribution < -0.4 is 5.32 Å². The maximum absolute atomic E-state index is 13.2. The number of azide groups is 1. The number of nitrogens with zero attached hydrogens (tertiary/aromatic N) is 4. The van der Waals surface area contributed by atoms with Crippen molar-refractivity contribution in [1.82, 2.24) is 10.2 Å². The molecule has 0 spiro atoms. The fraction of sp³-hybridized carbons (Fsp3) is 0.708. The van der Waals surface area contributed by atoms with Crippen LogP contribution in [0.15, 0.2) is 35.4 Å². The van der Waals surface area contributed by atoms with Gasteiger partial charge in [0.25, 0.3) is 0 Å². The lowest BCUT2D eigenvalue weighted by Gasteiger charge is -2.46. The minimum Gasteiger partial charge on any atom is -0.391 e. The predicted molar refractivity (Wildman–Crippen MR) is 122 cm³/mol. The van der Waals surface area contributed by atoms with Gasteiger partial charge >= 0.3 is 0 Å². The lowest BCUT2D eigenvalue weighted by molar-refractivity contribution is -0.132. The average molecular weight is 428 g/mol. The van der Waals surface area contributed by atoms with Gasteiger partial charge in [-0.05, 0) is 63.0 Å². The number of likely N-dealkylation sites (tertiary alicyclic amines) is 1. The van der Waals surface area contributed by atoms with Crippen LogP contribution in [-0.4, -0.2) is 52.7 Å².